The van der Waals surface area contributed by atoms with Crippen LogP contribution in [0.25, 0.3) is 5.57 Å². The van der Waals surface area contributed by atoms with Crippen molar-refractivity contribution in [2.75, 3.05) is 0 Å². The highest BCUT2D eigenvalue weighted by Crippen LogP contribution is 2.34. The molecule has 0 amide bonds. The summed E-state index contributed by atoms with van der Waals surface area (Å²) >= 11 is 0. The summed E-state index contributed by atoms with van der Waals surface area (Å²) in [5.41, 5.74) is 3.42. The highest BCUT2D eigenvalue weighted by molar-refractivity contribution is 5.82. The lowest BCUT2D eigenvalue weighted by molar-refractivity contribution is -0.139. The fourth-order valence-corrected chi connectivity index (χ4v) is 3.51. The van der Waals surface area contributed by atoms with Crippen LogP contribution < -0.4 is 0 Å². The van der Waals surface area contributed by atoms with E-state index in [1.54, 1.807) is 24.3 Å². The number of carboxylic acids is 1. The van der Waals surface area contributed by atoms with Crippen LogP contribution >= 0.6 is 0 Å². The Hall–Kier alpha value is -2.57. The number of allylic oxidation sites excluding steroid dienone is 1. The molecule has 0 aromatic heterocycles. The number of carboxylic acid groups (broad SMARTS) is 1. The Balaban J connectivity index is 2.35. The molecule has 2 aromatic carbocycles. The third kappa shape index (κ3) is 7.04. The SMILES string of the molecule is CC(C)C(CCC(O)CC(O)CC(=O)O)=C(c1ccc(F)cc1)c1ccc(F)cc1. The Labute approximate surface area is 175 Å². The van der Waals surface area contributed by atoms with Crippen molar-refractivity contribution in [2.45, 2.75) is 51.7 Å². The molecule has 2 unspecified atom stereocenters. The zero-order chi connectivity index (χ0) is 22.3. The van der Waals surface area contributed by atoms with Gasteiger partial charge in [-0.2, -0.15) is 0 Å². The Morgan fingerprint density at radius 1 is 0.867 bits per heavy atom. The van der Waals surface area contributed by atoms with Crippen molar-refractivity contribution in [3.8, 4) is 0 Å². The third-order valence-electron chi connectivity index (χ3n) is 4.99. The maximum Gasteiger partial charge on any atom is 0.305 e. The Bertz CT molecular complexity index is 810. The first-order valence-corrected chi connectivity index (χ1v) is 10.00. The van der Waals surface area contributed by atoms with E-state index in [1.807, 2.05) is 13.8 Å². The lowest BCUT2D eigenvalue weighted by Gasteiger charge is -2.22. The van der Waals surface area contributed by atoms with Gasteiger partial charge in [-0.1, -0.05) is 43.7 Å². The minimum Gasteiger partial charge on any atom is -0.481 e. The summed E-state index contributed by atoms with van der Waals surface area (Å²) in [4.78, 5) is 10.7. The van der Waals surface area contributed by atoms with Gasteiger partial charge in [0.1, 0.15) is 11.6 Å². The number of rotatable bonds is 10. The van der Waals surface area contributed by atoms with Gasteiger partial charge in [-0.05, 0) is 66.1 Å². The summed E-state index contributed by atoms with van der Waals surface area (Å²) in [7, 11) is 0. The van der Waals surface area contributed by atoms with Crippen LogP contribution in [-0.2, 0) is 4.79 Å². The predicted molar refractivity (Wildman–Crippen MR) is 112 cm³/mol. The van der Waals surface area contributed by atoms with Crippen molar-refractivity contribution in [1.29, 1.82) is 0 Å². The topological polar surface area (TPSA) is 77.8 Å². The molecule has 0 saturated carbocycles. The van der Waals surface area contributed by atoms with E-state index in [0.29, 0.717) is 12.8 Å². The lowest BCUT2D eigenvalue weighted by atomic mass is 9.84. The molecule has 0 aliphatic rings. The number of halogens is 2. The molecular formula is C24H28F2O4. The van der Waals surface area contributed by atoms with Gasteiger partial charge in [0, 0.05) is 0 Å². The second kappa shape index (κ2) is 11.0. The van der Waals surface area contributed by atoms with Crippen LogP contribution in [0.4, 0.5) is 8.78 Å². The van der Waals surface area contributed by atoms with E-state index in [1.165, 1.54) is 24.3 Å². The highest BCUT2D eigenvalue weighted by Gasteiger charge is 2.19. The van der Waals surface area contributed by atoms with E-state index in [9.17, 15) is 23.8 Å². The molecule has 4 nitrogen and oxygen atoms in total. The summed E-state index contributed by atoms with van der Waals surface area (Å²) in [5.74, 6) is -1.74. The monoisotopic (exact) mass is 418 g/mol. The lowest BCUT2D eigenvalue weighted by Crippen LogP contribution is -2.21. The van der Waals surface area contributed by atoms with Crippen molar-refractivity contribution in [1.82, 2.24) is 0 Å². The molecule has 0 fully saturated rings. The number of carbonyl (C=O) groups is 1. The van der Waals surface area contributed by atoms with Crippen LogP contribution in [0.1, 0.15) is 50.7 Å². The molecule has 2 aromatic rings. The molecule has 2 atom stereocenters. The molecule has 2 rings (SSSR count). The second-order valence-electron chi connectivity index (χ2n) is 7.75. The molecule has 0 spiro atoms. The van der Waals surface area contributed by atoms with Gasteiger partial charge in [-0.15, -0.1) is 0 Å². The van der Waals surface area contributed by atoms with Gasteiger partial charge in [0.15, 0.2) is 0 Å². The van der Waals surface area contributed by atoms with Gasteiger partial charge < -0.3 is 15.3 Å². The van der Waals surface area contributed by atoms with Crippen molar-refractivity contribution in [3.63, 3.8) is 0 Å². The molecule has 0 radical (unpaired) electrons. The van der Waals surface area contributed by atoms with Crippen molar-refractivity contribution in [3.05, 3.63) is 76.9 Å². The number of aliphatic carboxylic acids is 1. The number of hydrogen-bond donors (Lipinski definition) is 3. The summed E-state index contributed by atoms with van der Waals surface area (Å²) < 4.78 is 26.9. The molecule has 162 valence electrons. The molecule has 0 bridgehead atoms. The van der Waals surface area contributed by atoms with Crippen molar-refractivity contribution < 1.29 is 28.9 Å². The maximum atomic E-state index is 13.5. The second-order valence-corrected chi connectivity index (χ2v) is 7.75. The third-order valence-corrected chi connectivity index (χ3v) is 4.99. The van der Waals surface area contributed by atoms with E-state index in [2.05, 4.69) is 0 Å². The van der Waals surface area contributed by atoms with Crippen LogP contribution in [0.5, 0.6) is 0 Å². The maximum absolute atomic E-state index is 13.5. The standard InChI is InChI=1S/C24H28F2O4/c1-15(2)22(12-11-20(27)13-21(28)14-23(29)30)24(16-3-7-18(25)8-4-16)17-5-9-19(26)10-6-17/h3-10,15,20-21,27-28H,11-14H2,1-2H3,(H,29,30). The number of benzene rings is 2. The Morgan fingerprint density at radius 2 is 1.33 bits per heavy atom. The first-order valence-electron chi connectivity index (χ1n) is 10.00. The van der Waals surface area contributed by atoms with E-state index < -0.39 is 24.6 Å². The first kappa shape index (κ1) is 23.7. The number of aliphatic hydroxyl groups is 2. The van der Waals surface area contributed by atoms with Gasteiger partial charge in [-0.25, -0.2) is 8.78 Å². The van der Waals surface area contributed by atoms with Crippen LogP contribution in [0.15, 0.2) is 54.1 Å². The fourth-order valence-electron chi connectivity index (χ4n) is 3.51. The average Bonchev–Trinajstić information content (AvgIpc) is 2.66. The largest absolute Gasteiger partial charge is 0.481 e. The Kier molecular flexibility index (Phi) is 8.69. The molecule has 0 aliphatic heterocycles. The molecule has 6 heteroatoms. The van der Waals surface area contributed by atoms with E-state index >= 15 is 0 Å². The normalized spacial score (nSPS) is 13.2. The van der Waals surface area contributed by atoms with Gasteiger partial charge in [-0.3, -0.25) is 4.79 Å². The van der Waals surface area contributed by atoms with Crippen LogP contribution in [-0.4, -0.2) is 33.5 Å². The van der Waals surface area contributed by atoms with Crippen molar-refractivity contribution >= 4 is 11.5 Å². The van der Waals surface area contributed by atoms with Gasteiger partial charge in [0.2, 0.25) is 0 Å². The molecule has 0 aliphatic carbocycles. The summed E-state index contributed by atoms with van der Waals surface area (Å²) in [5, 5.41) is 28.8. The van der Waals surface area contributed by atoms with Gasteiger partial charge in [0.05, 0.1) is 18.6 Å². The molecule has 3 N–H and O–H groups in total. The van der Waals surface area contributed by atoms with Gasteiger partial charge >= 0.3 is 5.97 Å². The number of aliphatic hydroxyl groups excluding tert-OH is 2. The molecule has 30 heavy (non-hydrogen) atoms. The zero-order valence-corrected chi connectivity index (χ0v) is 17.2. The summed E-state index contributed by atoms with van der Waals surface area (Å²) in [6.45, 7) is 4.02. The van der Waals surface area contributed by atoms with E-state index in [4.69, 9.17) is 5.11 Å². The molecule has 0 heterocycles. The minimum absolute atomic E-state index is 0.0277. The molecule has 0 saturated heterocycles. The predicted octanol–water partition coefficient (Wildman–Crippen LogP) is 4.79. The zero-order valence-electron chi connectivity index (χ0n) is 17.2. The minimum atomic E-state index is -1.12. The van der Waals surface area contributed by atoms with E-state index in [0.717, 1.165) is 22.3 Å². The smallest absolute Gasteiger partial charge is 0.305 e. The summed E-state index contributed by atoms with van der Waals surface area (Å²) in [6, 6.07) is 12.2. The first-order chi connectivity index (χ1) is 14.2. The summed E-state index contributed by atoms with van der Waals surface area (Å²) in [6.07, 6.45) is -1.60. The van der Waals surface area contributed by atoms with Crippen LogP contribution in [0, 0.1) is 17.6 Å². The quantitative estimate of drug-likeness (QED) is 0.518. The Morgan fingerprint density at radius 3 is 1.73 bits per heavy atom. The van der Waals surface area contributed by atoms with Crippen molar-refractivity contribution in [2.24, 2.45) is 5.92 Å². The van der Waals surface area contributed by atoms with E-state index in [-0.39, 0.29) is 24.0 Å². The van der Waals surface area contributed by atoms with Crippen LogP contribution in [0.3, 0.4) is 0 Å². The fraction of sp³-hybridized carbons (Fsp3) is 0.375. The highest BCUT2D eigenvalue weighted by atomic mass is 19.1. The number of hydrogen-bond acceptors (Lipinski definition) is 3. The average molecular weight is 418 g/mol. The van der Waals surface area contributed by atoms with Gasteiger partial charge in [0.25, 0.3) is 0 Å². The molecular weight excluding hydrogens is 390 g/mol. The van der Waals surface area contributed by atoms with Crippen LogP contribution in [0.2, 0.25) is 0 Å².